The molecule has 0 bridgehead atoms. The highest BCUT2D eigenvalue weighted by molar-refractivity contribution is 6.30. The minimum Gasteiger partial charge on any atom is -0.465 e. The topological polar surface area (TPSA) is 81.1 Å². The number of carboxylic acid groups (broad SMARTS) is 1. The molecule has 4 rings (SSSR count). The van der Waals surface area contributed by atoms with Crippen LogP contribution >= 0.6 is 11.6 Å². The zero-order valence-electron chi connectivity index (χ0n) is 18.3. The number of nitrogens with zero attached hydrogens (tertiary/aromatic N) is 2. The van der Waals surface area contributed by atoms with E-state index in [-0.39, 0.29) is 36.8 Å². The summed E-state index contributed by atoms with van der Waals surface area (Å²) in [6.07, 6.45) is -1.02. The summed E-state index contributed by atoms with van der Waals surface area (Å²) in [5.41, 5.74) is 0.760. The lowest BCUT2D eigenvalue weighted by atomic mass is 9.70. The number of halogens is 1. The highest BCUT2D eigenvalue weighted by atomic mass is 35.5. The van der Waals surface area contributed by atoms with Gasteiger partial charge >= 0.3 is 6.09 Å². The third-order valence-electron chi connectivity index (χ3n) is 7.24. The number of amides is 2. The van der Waals surface area contributed by atoms with Crippen LogP contribution in [0.3, 0.4) is 0 Å². The van der Waals surface area contributed by atoms with Crippen LogP contribution < -0.4 is 0 Å². The Labute approximate surface area is 193 Å². The molecule has 6 nitrogen and oxygen atoms in total. The molecule has 0 spiro atoms. The predicted molar refractivity (Wildman–Crippen MR) is 123 cm³/mol. The lowest BCUT2D eigenvalue weighted by Gasteiger charge is -2.48. The minimum atomic E-state index is -1.02. The quantitative estimate of drug-likeness (QED) is 0.730. The number of piperidine rings is 1. The van der Waals surface area contributed by atoms with Gasteiger partial charge in [-0.3, -0.25) is 4.79 Å². The largest absolute Gasteiger partial charge is 0.465 e. The van der Waals surface area contributed by atoms with Crippen molar-refractivity contribution in [2.75, 3.05) is 26.2 Å². The number of rotatable bonds is 3. The maximum atomic E-state index is 13.7. The van der Waals surface area contributed by atoms with Crippen LogP contribution in [0.4, 0.5) is 4.79 Å². The SMILES string of the molecule is C[C@@H]1CN(C(=O)[C@@H]2CN(C(=O)O)C[C@H]2c2ccc(Cl)cc2)C[C@H](C)[C@@]1(O)c1ccccc1. The summed E-state index contributed by atoms with van der Waals surface area (Å²) in [5, 5.41) is 21.7. The van der Waals surface area contributed by atoms with E-state index in [2.05, 4.69) is 0 Å². The van der Waals surface area contributed by atoms with Crippen LogP contribution in [0.2, 0.25) is 5.02 Å². The lowest BCUT2D eigenvalue weighted by Crippen LogP contribution is -2.57. The number of hydrogen-bond donors (Lipinski definition) is 2. The first-order chi connectivity index (χ1) is 15.2. The predicted octanol–water partition coefficient (Wildman–Crippen LogP) is 4.04. The minimum absolute atomic E-state index is 0.0532. The van der Waals surface area contributed by atoms with E-state index in [9.17, 15) is 19.8 Å². The van der Waals surface area contributed by atoms with E-state index in [0.717, 1.165) is 11.1 Å². The van der Waals surface area contributed by atoms with Crippen LogP contribution in [-0.2, 0) is 10.4 Å². The summed E-state index contributed by atoms with van der Waals surface area (Å²) in [4.78, 5) is 28.5. The van der Waals surface area contributed by atoms with Crippen molar-refractivity contribution in [1.29, 1.82) is 0 Å². The molecule has 2 saturated heterocycles. The molecule has 2 N–H and O–H groups in total. The first kappa shape index (κ1) is 22.6. The molecule has 5 atom stereocenters. The Kier molecular flexibility index (Phi) is 6.19. The van der Waals surface area contributed by atoms with Crippen LogP contribution in [0, 0.1) is 17.8 Å². The Morgan fingerprint density at radius 2 is 1.50 bits per heavy atom. The van der Waals surface area contributed by atoms with Gasteiger partial charge in [-0.05, 0) is 23.3 Å². The standard InChI is InChI=1S/C25H29ClN2O4/c1-16-12-27(13-17(2)25(16,32)19-6-4-3-5-7-19)23(29)22-15-28(24(30)31)14-21(22)18-8-10-20(26)11-9-18/h3-11,16-17,21-22,32H,12-15H2,1-2H3,(H,30,31)/t16-,17+,21-,22+,25-/m0/s1. The third-order valence-corrected chi connectivity index (χ3v) is 7.50. The van der Waals surface area contributed by atoms with Gasteiger partial charge in [-0.15, -0.1) is 0 Å². The second-order valence-corrected chi connectivity index (χ2v) is 9.63. The molecule has 2 amide bonds. The van der Waals surface area contributed by atoms with E-state index in [1.165, 1.54) is 4.90 Å². The van der Waals surface area contributed by atoms with E-state index in [0.29, 0.717) is 18.1 Å². The molecule has 2 aliphatic heterocycles. The Hall–Kier alpha value is -2.57. The van der Waals surface area contributed by atoms with Crippen molar-refractivity contribution in [2.24, 2.45) is 17.8 Å². The summed E-state index contributed by atoms with van der Waals surface area (Å²) in [5.74, 6) is -1.07. The van der Waals surface area contributed by atoms with E-state index in [1.54, 1.807) is 12.1 Å². The van der Waals surface area contributed by atoms with Crippen molar-refractivity contribution in [2.45, 2.75) is 25.4 Å². The van der Waals surface area contributed by atoms with E-state index in [4.69, 9.17) is 11.6 Å². The first-order valence-corrected chi connectivity index (χ1v) is 11.4. The number of hydrogen-bond acceptors (Lipinski definition) is 3. The van der Waals surface area contributed by atoms with Crippen molar-refractivity contribution in [3.8, 4) is 0 Å². The molecule has 0 aliphatic carbocycles. The Morgan fingerprint density at radius 1 is 0.906 bits per heavy atom. The Bertz CT molecular complexity index is 969. The molecule has 2 aromatic carbocycles. The van der Waals surface area contributed by atoms with Crippen molar-refractivity contribution in [3.05, 3.63) is 70.7 Å². The fourth-order valence-corrected chi connectivity index (χ4v) is 5.57. The number of likely N-dealkylation sites (tertiary alicyclic amines) is 2. The second kappa shape index (κ2) is 8.75. The molecule has 0 unspecified atom stereocenters. The number of carbonyl (C=O) groups excluding carboxylic acids is 1. The van der Waals surface area contributed by atoms with Crippen molar-refractivity contribution < 1.29 is 19.8 Å². The van der Waals surface area contributed by atoms with E-state index >= 15 is 0 Å². The Morgan fingerprint density at radius 3 is 2.06 bits per heavy atom. The molecule has 0 saturated carbocycles. The fourth-order valence-electron chi connectivity index (χ4n) is 5.45. The highest BCUT2D eigenvalue weighted by Gasteiger charge is 2.49. The number of carbonyl (C=O) groups is 2. The summed E-state index contributed by atoms with van der Waals surface area (Å²) >= 11 is 6.02. The number of aliphatic hydroxyl groups is 1. The average Bonchev–Trinajstić information content (AvgIpc) is 3.23. The summed E-state index contributed by atoms with van der Waals surface area (Å²) in [6.45, 7) is 5.23. The second-order valence-electron chi connectivity index (χ2n) is 9.19. The van der Waals surface area contributed by atoms with Gasteiger partial charge in [0.05, 0.1) is 11.5 Å². The van der Waals surface area contributed by atoms with Crippen molar-refractivity contribution in [1.82, 2.24) is 9.80 Å². The van der Waals surface area contributed by atoms with Gasteiger partial charge < -0.3 is 20.0 Å². The molecule has 2 aromatic rings. The summed E-state index contributed by atoms with van der Waals surface area (Å²) in [6, 6.07) is 16.9. The van der Waals surface area contributed by atoms with Gasteiger partial charge in [0.2, 0.25) is 5.91 Å². The molecular formula is C25H29ClN2O4. The van der Waals surface area contributed by atoms with Gasteiger partial charge in [0.1, 0.15) is 0 Å². The maximum absolute atomic E-state index is 13.7. The van der Waals surface area contributed by atoms with Crippen LogP contribution in [0.15, 0.2) is 54.6 Å². The highest BCUT2D eigenvalue weighted by Crippen LogP contribution is 2.42. The molecule has 2 aliphatic rings. The van der Waals surface area contributed by atoms with Gasteiger partial charge in [0.25, 0.3) is 0 Å². The van der Waals surface area contributed by atoms with Gasteiger partial charge in [-0.1, -0.05) is 67.9 Å². The molecule has 0 aromatic heterocycles. The summed E-state index contributed by atoms with van der Waals surface area (Å²) in [7, 11) is 0. The van der Waals surface area contributed by atoms with E-state index in [1.807, 2.05) is 61.2 Å². The zero-order valence-corrected chi connectivity index (χ0v) is 19.1. The molecule has 2 fully saturated rings. The molecular weight excluding hydrogens is 428 g/mol. The zero-order chi connectivity index (χ0) is 23.0. The van der Waals surface area contributed by atoms with Gasteiger partial charge in [0, 0.05) is 49.0 Å². The molecule has 32 heavy (non-hydrogen) atoms. The summed E-state index contributed by atoms with van der Waals surface area (Å²) < 4.78 is 0. The lowest BCUT2D eigenvalue weighted by molar-refractivity contribution is -0.152. The molecule has 7 heteroatoms. The van der Waals surface area contributed by atoms with E-state index < -0.39 is 17.6 Å². The first-order valence-electron chi connectivity index (χ1n) is 11.0. The van der Waals surface area contributed by atoms with Gasteiger partial charge in [0.15, 0.2) is 0 Å². The molecule has 2 heterocycles. The normalized spacial score (nSPS) is 30.4. The maximum Gasteiger partial charge on any atom is 0.407 e. The Balaban J connectivity index is 1.57. The average molecular weight is 457 g/mol. The monoisotopic (exact) mass is 456 g/mol. The molecule has 0 radical (unpaired) electrons. The third kappa shape index (κ3) is 3.97. The van der Waals surface area contributed by atoms with Crippen molar-refractivity contribution >= 4 is 23.6 Å². The van der Waals surface area contributed by atoms with Gasteiger partial charge in [-0.25, -0.2) is 4.79 Å². The molecule has 170 valence electrons. The van der Waals surface area contributed by atoms with Crippen LogP contribution in [0.1, 0.15) is 30.9 Å². The van der Waals surface area contributed by atoms with Crippen LogP contribution in [0.5, 0.6) is 0 Å². The number of benzene rings is 2. The van der Waals surface area contributed by atoms with Crippen molar-refractivity contribution in [3.63, 3.8) is 0 Å². The van der Waals surface area contributed by atoms with Gasteiger partial charge in [-0.2, -0.15) is 0 Å². The van der Waals surface area contributed by atoms with Crippen LogP contribution in [-0.4, -0.2) is 58.2 Å². The van der Waals surface area contributed by atoms with Crippen LogP contribution in [0.25, 0.3) is 0 Å². The smallest absolute Gasteiger partial charge is 0.407 e. The fraction of sp³-hybridized carbons (Fsp3) is 0.440.